The molecule has 2 aromatic heterocycles. The molecule has 1 aromatic carbocycles. The van der Waals surface area contributed by atoms with E-state index in [1.54, 1.807) is 0 Å². The Morgan fingerprint density at radius 3 is 2.41 bits per heavy atom. The van der Waals surface area contributed by atoms with Crippen molar-refractivity contribution in [2.75, 3.05) is 0 Å². The van der Waals surface area contributed by atoms with Crippen LogP contribution in [0, 0.1) is 0 Å². The second-order valence-corrected chi connectivity index (χ2v) is 6.93. The van der Waals surface area contributed by atoms with Gasteiger partial charge < -0.3 is 9.67 Å². The zero-order valence-corrected chi connectivity index (χ0v) is 16.2. The van der Waals surface area contributed by atoms with Gasteiger partial charge in [-0.05, 0) is 18.2 Å². The number of rotatable bonds is 4. The van der Waals surface area contributed by atoms with E-state index < -0.39 is 28.8 Å². The van der Waals surface area contributed by atoms with Crippen molar-refractivity contribution in [1.82, 2.24) is 14.3 Å². The first-order valence-electron chi connectivity index (χ1n) is 8.01. The van der Waals surface area contributed by atoms with Crippen LogP contribution in [0.3, 0.4) is 0 Å². The van der Waals surface area contributed by atoms with Crippen LogP contribution in [0.1, 0.15) is 21.7 Å². The molecule has 2 heterocycles. The number of aromatic carboxylic acids is 1. The maximum Gasteiger partial charge on any atom is 0.435 e. The third-order valence-corrected chi connectivity index (χ3v) is 4.95. The van der Waals surface area contributed by atoms with E-state index in [9.17, 15) is 27.9 Å². The van der Waals surface area contributed by atoms with Crippen LogP contribution < -0.4 is 5.43 Å². The number of halogens is 5. The summed E-state index contributed by atoms with van der Waals surface area (Å²) in [7, 11) is 1.49. The third kappa shape index (κ3) is 4.15. The van der Waals surface area contributed by atoms with Crippen molar-refractivity contribution < 1.29 is 23.1 Å². The summed E-state index contributed by atoms with van der Waals surface area (Å²) < 4.78 is 40.7. The zero-order valence-electron chi connectivity index (χ0n) is 14.7. The molecule has 1 N–H and O–H groups in total. The fraction of sp³-hybridized carbons (Fsp3) is 0.167. The van der Waals surface area contributed by atoms with Gasteiger partial charge >= 0.3 is 12.1 Å². The first kappa shape index (κ1) is 20.9. The lowest BCUT2D eigenvalue weighted by Crippen LogP contribution is -2.23. The predicted octanol–water partition coefficient (Wildman–Crippen LogP) is 4.32. The lowest BCUT2D eigenvalue weighted by Gasteiger charge is -2.17. The molecule has 0 aliphatic rings. The van der Waals surface area contributed by atoms with E-state index in [0.29, 0.717) is 5.56 Å². The molecule has 6 nitrogen and oxygen atoms in total. The van der Waals surface area contributed by atoms with Crippen LogP contribution in [0.4, 0.5) is 13.2 Å². The molecule has 0 spiro atoms. The second kappa shape index (κ2) is 7.57. The topological polar surface area (TPSA) is 77.1 Å². The van der Waals surface area contributed by atoms with Crippen molar-refractivity contribution in [3.05, 3.63) is 73.7 Å². The maximum atomic E-state index is 12.8. The van der Waals surface area contributed by atoms with E-state index in [2.05, 4.69) is 5.10 Å². The van der Waals surface area contributed by atoms with E-state index in [1.807, 2.05) is 0 Å². The molecule has 3 rings (SSSR count). The first-order chi connectivity index (χ1) is 13.5. The van der Waals surface area contributed by atoms with Crippen molar-refractivity contribution in [3.8, 4) is 11.3 Å². The van der Waals surface area contributed by atoms with Crippen LogP contribution in [-0.4, -0.2) is 25.4 Å². The van der Waals surface area contributed by atoms with E-state index in [4.69, 9.17) is 23.2 Å². The second-order valence-electron chi connectivity index (χ2n) is 6.11. The molecule has 0 saturated heterocycles. The number of carboxylic acid groups (broad SMARTS) is 1. The van der Waals surface area contributed by atoms with Gasteiger partial charge in [-0.25, -0.2) is 4.79 Å². The van der Waals surface area contributed by atoms with Crippen LogP contribution in [0.25, 0.3) is 11.3 Å². The summed E-state index contributed by atoms with van der Waals surface area (Å²) in [5.41, 5.74) is -1.76. The minimum absolute atomic E-state index is 0.0433. The van der Waals surface area contributed by atoms with Crippen molar-refractivity contribution in [2.24, 2.45) is 7.05 Å². The summed E-state index contributed by atoms with van der Waals surface area (Å²) in [5, 5.41) is 13.4. The minimum atomic E-state index is -4.60. The quantitative estimate of drug-likeness (QED) is 0.648. The molecule has 11 heteroatoms. The Morgan fingerprint density at radius 2 is 1.86 bits per heavy atom. The van der Waals surface area contributed by atoms with E-state index in [0.717, 1.165) is 23.0 Å². The highest BCUT2D eigenvalue weighted by molar-refractivity contribution is 6.42. The summed E-state index contributed by atoms with van der Waals surface area (Å²) in [5.74, 6) is -1.45. The molecule has 0 bridgehead atoms. The van der Waals surface area contributed by atoms with Gasteiger partial charge in [0.05, 0.1) is 22.3 Å². The van der Waals surface area contributed by atoms with Crippen LogP contribution in [0.15, 0.2) is 41.3 Å². The largest absolute Gasteiger partial charge is 0.477 e. The number of carboxylic acids is 1. The number of nitrogens with zero attached hydrogens (tertiary/aromatic N) is 3. The average Bonchev–Trinajstić information content (AvgIpc) is 3.08. The monoisotopic (exact) mass is 445 g/mol. The number of aromatic nitrogens is 3. The number of alkyl halides is 3. The van der Waals surface area contributed by atoms with Gasteiger partial charge in [0.2, 0.25) is 0 Å². The Hall–Kier alpha value is -2.78. The van der Waals surface area contributed by atoms with E-state index in [-0.39, 0.29) is 28.0 Å². The molecule has 0 atom stereocenters. The predicted molar refractivity (Wildman–Crippen MR) is 100 cm³/mol. The molecule has 0 unspecified atom stereocenters. The van der Waals surface area contributed by atoms with Crippen molar-refractivity contribution in [3.63, 3.8) is 0 Å². The Bertz CT molecular complexity index is 1170. The average molecular weight is 446 g/mol. The lowest BCUT2D eigenvalue weighted by molar-refractivity contribution is -0.141. The fourth-order valence-corrected chi connectivity index (χ4v) is 3.15. The lowest BCUT2D eigenvalue weighted by atomic mass is 10.0. The fourth-order valence-electron chi connectivity index (χ4n) is 2.86. The molecule has 0 radical (unpaired) electrons. The van der Waals surface area contributed by atoms with Crippen molar-refractivity contribution in [2.45, 2.75) is 12.7 Å². The van der Waals surface area contributed by atoms with Crippen molar-refractivity contribution in [1.29, 1.82) is 0 Å². The van der Waals surface area contributed by atoms with Gasteiger partial charge in [-0.1, -0.05) is 29.3 Å². The van der Waals surface area contributed by atoms with Crippen LogP contribution in [-0.2, 0) is 19.8 Å². The van der Waals surface area contributed by atoms with Crippen LogP contribution in [0.2, 0.25) is 10.0 Å². The molecule has 0 amide bonds. The SMILES string of the molecule is Cn1c(Cn2ccc(C(F)(F)F)n2)cc(=O)c(C(=O)O)c1-c1ccc(Cl)c(Cl)c1. The molecule has 3 aromatic rings. The Balaban J connectivity index is 2.16. The molecule has 0 aliphatic heterocycles. The highest BCUT2D eigenvalue weighted by atomic mass is 35.5. The Morgan fingerprint density at radius 1 is 1.17 bits per heavy atom. The summed E-state index contributed by atoms with van der Waals surface area (Å²) in [6.07, 6.45) is -3.48. The van der Waals surface area contributed by atoms with Crippen LogP contribution in [0.5, 0.6) is 0 Å². The zero-order chi connectivity index (χ0) is 21.5. The highest BCUT2D eigenvalue weighted by Crippen LogP contribution is 2.30. The Labute approximate surface area is 171 Å². The summed E-state index contributed by atoms with van der Waals surface area (Å²) >= 11 is 11.9. The summed E-state index contributed by atoms with van der Waals surface area (Å²) in [4.78, 5) is 24.2. The minimum Gasteiger partial charge on any atom is -0.477 e. The van der Waals surface area contributed by atoms with Gasteiger partial charge in [-0.15, -0.1) is 0 Å². The first-order valence-corrected chi connectivity index (χ1v) is 8.77. The number of hydrogen-bond donors (Lipinski definition) is 1. The maximum absolute atomic E-state index is 12.8. The number of benzene rings is 1. The number of pyridine rings is 1. The molecular weight excluding hydrogens is 434 g/mol. The molecular formula is C18H12Cl2F3N3O3. The molecule has 152 valence electrons. The highest BCUT2D eigenvalue weighted by Gasteiger charge is 2.33. The normalized spacial score (nSPS) is 11.7. The molecule has 0 saturated carbocycles. The van der Waals surface area contributed by atoms with Gasteiger partial charge in [0.1, 0.15) is 5.56 Å². The van der Waals surface area contributed by atoms with Gasteiger partial charge in [0.15, 0.2) is 11.1 Å². The van der Waals surface area contributed by atoms with Crippen LogP contribution >= 0.6 is 23.2 Å². The summed E-state index contributed by atoms with van der Waals surface area (Å²) in [6.45, 7) is -0.184. The van der Waals surface area contributed by atoms with Gasteiger partial charge in [-0.3, -0.25) is 9.48 Å². The van der Waals surface area contributed by atoms with Gasteiger partial charge in [0.25, 0.3) is 0 Å². The standard InChI is InChI=1S/C18H12Cl2F3N3O3/c1-25-10(8-26-5-4-14(24-26)18(21,22)23)7-13(27)15(17(28)29)16(25)9-2-3-11(19)12(20)6-9/h2-7H,8H2,1H3,(H,28,29). The summed E-state index contributed by atoms with van der Waals surface area (Å²) in [6, 6.07) is 6.22. The van der Waals surface area contributed by atoms with E-state index in [1.165, 1.54) is 29.8 Å². The Kier molecular flexibility index (Phi) is 5.46. The third-order valence-electron chi connectivity index (χ3n) is 4.21. The smallest absolute Gasteiger partial charge is 0.435 e. The molecule has 0 fully saturated rings. The molecule has 29 heavy (non-hydrogen) atoms. The number of carbonyl (C=O) groups is 1. The van der Waals surface area contributed by atoms with Gasteiger partial charge in [-0.2, -0.15) is 18.3 Å². The number of hydrogen-bond acceptors (Lipinski definition) is 3. The molecule has 0 aliphatic carbocycles. The van der Waals surface area contributed by atoms with E-state index >= 15 is 0 Å². The van der Waals surface area contributed by atoms with Gasteiger partial charge in [0, 0.05) is 30.6 Å². The van der Waals surface area contributed by atoms with Crippen molar-refractivity contribution >= 4 is 29.2 Å².